The van der Waals surface area contributed by atoms with E-state index >= 15 is 0 Å². The summed E-state index contributed by atoms with van der Waals surface area (Å²) in [6, 6.07) is 16.6. The number of rotatable bonds is 7. The fourth-order valence-electron chi connectivity index (χ4n) is 4.97. The molecule has 0 saturated carbocycles. The highest BCUT2D eigenvalue weighted by Crippen LogP contribution is 2.22. The Morgan fingerprint density at radius 3 is 2.19 bits per heavy atom. The van der Waals surface area contributed by atoms with Crippen molar-refractivity contribution in [1.29, 1.82) is 0 Å². The summed E-state index contributed by atoms with van der Waals surface area (Å²) in [4.78, 5) is 22.1. The molecule has 2 aromatic carbocycles. The van der Waals surface area contributed by atoms with Crippen molar-refractivity contribution in [2.24, 2.45) is 0 Å². The van der Waals surface area contributed by atoms with Gasteiger partial charge in [-0.2, -0.15) is 4.31 Å². The number of piperazine rings is 1. The average molecular weight is 508 g/mol. The highest BCUT2D eigenvalue weighted by atomic mass is 32.2. The number of imidazole rings is 1. The van der Waals surface area contributed by atoms with Gasteiger partial charge in [0.1, 0.15) is 5.82 Å². The third kappa shape index (κ3) is 5.38. The zero-order valence-corrected chi connectivity index (χ0v) is 21.3. The maximum absolute atomic E-state index is 13.1. The van der Waals surface area contributed by atoms with Crippen LogP contribution >= 0.6 is 0 Å². The molecule has 2 aliphatic heterocycles. The van der Waals surface area contributed by atoms with Crippen LogP contribution < -0.4 is 0 Å². The quantitative estimate of drug-likeness (QED) is 0.491. The number of carbonyl (C=O) groups is 1. The van der Waals surface area contributed by atoms with E-state index in [1.165, 1.54) is 0 Å². The van der Waals surface area contributed by atoms with Crippen LogP contribution in [-0.2, 0) is 16.6 Å². The summed E-state index contributed by atoms with van der Waals surface area (Å²) >= 11 is 0. The largest absolute Gasteiger partial charge is 0.336 e. The maximum atomic E-state index is 13.1. The first-order chi connectivity index (χ1) is 17.5. The number of carbonyl (C=O) groups excluding carboxylic acids is 1. The second-order valence-electron chi connectivity index (χ2n) is 9.43. The van der Waals surface area contributed by atoms with Crippen molar-refractivity contribution in [3.8, 4) is 11.4 Å². The van der Waals surface area contributed by atoms with Gasteiger partial charge in [0.25, 0.3) is 5.91 Å². The molecule has 5 rings (SSSR count). The van der Waals surface area contributed by atoms with Crippen LogP contribution in [0, 0.1) is 0 Å². The van der Waals surface area contributed by atoms with E-state index in [1.807, 2.05) is 35.5 Å². The molecule has 2 fully saturated rings. The lowest BCUT2D eigenvalue weighted by Crippen LogP contribution is -2.49. The van der Waals surface area contributed by atoms with Crippen molar-refractivity contribution in [2.45, 2.75) is 30.7 Å². The van der Waals surface area contributed by atoms with Gasteiger partial charge in [-0.25, -0.2) is 13.4 Å². The minimum Gasteiger partial charge on any atom is -0.336 e. The molecule has 8 nitrogen and oxygen atoms in total. The Morgan fingerprint density at radius 1 is 0.806 bits per heavy atom. The van der Waals surface area contributed by atoms with E-state index < -0.39 is 10.0 Å². The molecule has 0 N–H and O–H groups in total. The fourth-order valence-corrected chi connectivity index (χ4v) is 6.48. The van der Waals surface area contributed by atoms with Gasteiger partial charge >= 0.3 is 0 Å². The van der Waals surface area contributed by atoms with Crippen LogP contribution in [0.2, 0.25) is 0 Å². The van der Waals surface area contributed by atoms with Crippen molar-refractivity contribution in [2.75, 3.05) is 45.8 Å². The van der Waals surface area contributed by atoms with E-state index in [2.05, 4.69) is 26.6 Å². The molecular weight excluding hydrogens is 474 g/mol. The smallest absolute Gasteiger partial charge is 0.253 e. The summed E-state index contributed by atoms with van der Waals surface area (Å²) in [6.07, 6.45) is 6.72. The summed E-state index contributed by atoms with van der Waals surface area (Å²) in [6.45, 7) is 5.80. The first kappa shape index (κ1) is 24.7. The number of nitrogens with zero attached hydrogens (tertiary/aromatic N) is 5. The van der Waals surface area contributed by atoms with Crippen LogP contribution in [-0.4, -0.2) is 83.8 Å². The van der Waals surface area contributed by atoms with Gasteiger partial charge in [0.15, 0.2) is 0 Å². The van der Waals surface area contributed by atoms with Gasteiger partial charge in [-0.05, 0) is 37.1 Å². The monoisotopic (exact) mass is 507 g/mol. The molecule has 3 aromatic rings. The summed E-state index contributed by atoms with van der Waals surface area (Å²) in [5, 5.41) is 0. The predicted octanol–water partition coefficient (Wildman–Crippen LogP) is 3.18. The molecule has 190 valence electrons. The van der Waals surface area contributed by atoms with Gasteiger partial charge in [0.2, 0.25) is 10.0 Å². The molecule has 0 atom stereocenters. The molecule has 9 heteroatoms. The van der Waals surface area contributed by atoms with Gasteiger partial charge in [0.05, 0.1) is 4.90 Å². The van der Waals surface area contributed by atoms with E-state index in [-0.39, 0.29) is 10.8 Å². The molecule has 1 aromatic heterocycles. The van der Waals surface area contributed by atoms with E-state index in [9.17, 15) is 13.2 Å². The highest BCUT2D eigenvalue weighted by Gasteiger charge is 2.27. The second kappa shape index (κ2) is 10.9. The van der Waals surface area contributed by atoms with Gasteiger partial charge in [-0.3, -0.25) is 9.69 Å². The molecule has 0 radical (unpaired) electrons. The van der Waals surface area contributed by atoms with E-state index in [1.54, 1.807) is 28.6 Å². The zero-order valence-electron chi connectivity index (χ0n) is 20.5. The number of benzene rings is 2. The molecule has 3 heterocycles. The Kier molecular flexibility index (Phi) is 7.50. The Bertz CT molecular complexity index is 1260. The lowest BCUT2D eigenvalue weighted by molar-refractivity contribution is 0.0633. The standard InChI is InChI=1S/C27H33N5O3S/c33-27(24-9-11-25(12-10-24)36(34,35)32-14-5-2-6-15-32)31-21-18-29(19-22-31)17-20-30-16-13-28-26(30)23-7-3-1-4-8-23/h1,3-4,7-13,16H,2,5-6,14-15,17-22H2. The van der Waals surface area contributed by atoms with Crippen LogP contribution in [0.1, 0.15) is 29.6 Å². The fraction of sp³-hybridized carbons (Fsp3) is 0.407. The van der Waals surface area contributed by atoms with E-state index in [0.717, 1.165) is 56.8 Å². The van der Waals surface area contributed by atoms with Crippen LogP contribution in [0.3, 0.4) is 0 Å². The lowest BCUT2D eigenvalue weighted by atomic mass is 10.2. The molecule has 36 heavy (non-hydrogen) atoms. The predicted molar refractivity (Wildman–Crippen MR) is 139 cm³/mol. The van der Waals surface area contributed by atoms with Crippen molar-refractivity contribution < 1.29 is 13.2 Å². The molecule has 0 spiro atoms. The van der Waals surface area contributed by atoms with Crippen LogP contribution in [0.15, 0.2) is 71.9 Å². The Balaban J connectivity index is 1.14. The number of piperidine rings is 1. The molecule has 0 bridgehead atoms. The number of sulfonamides is 1. The minimum atomic E-state index is -3.49. The van der Waals surface area contributed by atoms with Gasteiger partial charge in [-0.1, -0.05) is 36.8 Å². The molecule has 0 unspecified atom stereocenters. The number of aromatic nitrogens is 2. The molecule has 2 saturated heterocycles. The summed E-state index contributed by atoms with van der Waals surface area (Å²) in [5.74, 6) is 0.924. The number of hydrogen-bond donors (Lipinski definition) is 0. The maximum Gasteiger partial charge on any atom is 0.253 e. The first-order valence-electron chi connectivity index (χ1n) is 12.7. The van der Waals surface area contributed by atoms with Crippen molar-refractivity contribution in [3.05, 3.63) is 72.6 Å². The second-order valence-corrected chi connectivity index (χ2v) is 11.4. The molecular formula is C27H33N5O3S. The van der Waals surface area contributed by atoms with E-state index in [4.69, 9.17) is 0 Å². The van der Waals surface area contributed by atoms with Crippen molar-refractivity contribution in [1.82, 2.24) is 23.7 Å². The first-order valence-corrected chi connectivity index (χ1v) is 14.1. The third-order valence-corrected chi connectivity index (χ3v) is 9.03. The van der Waals surface area contributed by atoms with Crippen LogP contribution in [0.4, 0.5) is 0 Å². The number of hydrogen-bond acceptors (Lipinski definition) is 5. The van der Waals surface area contributed by atoms with Crippen LogP contribution in [0.5, 0.6) is 0 Å². The molecule has 2 aliphatic rings. The van der Waals surface area contributed by atoms with E-state index in [0.29, 0.717) is 31.7 Å². The van der Waals surface area contributed by atoms with Crippen LogP contribution in [0.25, 0.3) is 11.4 Å². The Hall–Kier alpha value is -3.01. The van der Waals surface area contributed by atoms with Gasteiger partial charge < -0.3 is 9.47 Å². The Morgan fingerprint density at radius 2 is 1.50 bits per heavy atom. The van der Waals surface area contributed by atoms with Gasteiger partial charge in [-0.15, -0.1) is 0 Å². The summed E-state index contributed by atoms with van der Waals surface area (Å²) < 4.78 is 29.5. The number of amides is 1. The topological polar surface area (TPSA) is 78.8 Å². The third-order valence-electron chi connectivity index (χ3n) is 7.12. The van der Waals surface area contributed by atoms with Gasteiger partial charge in [0, 0.05) is 75.9 Å². The highest BCUT2D eigenvalue weighted by molar-refractivity contribution is 7.89. The summed E-state index contributed by atoms with van der Waals surface area (Å²) in [7, 11) is -3.49. The molecule has 1 amide bonds. The SMILES string of the molecule is O=C(c1ccc(S(=O)(=O)N2CCCCC2)cc1)N1CCN(CCn2ccnc2-c2ccccc2)CC1. The lowest BCUT2D eigenvalue weighted by Gasteiger charge is -2.35. The average Bonchev–Trinajstić information content (AvgIpc) is 3.42. The minimum absolute atomic E-state index is 0.0439. The summed E-state index contributed by atoms with van der Waals surface area (Å²) in [5.41, 5.74) is 1.64. The molecule has 0 aliphatic carbocycles. The zero-order chi connectivity index (χ0) is 25.0. The normalized spacial score (nSPS) is 17.8. The van der Waals surface area contributed by atoms with Crippen molar-refractivity contribution in [3.63, 3.8) is 0 Å². The van der Waals surface area contributed by atoms with Crippen molar-refractivity contribution >= 4 is 15.9 Å². The Labute approximate surface area is 213 Å².